The first-order valence-corrected chi connectivity index (χ1v) is 10.7. The molecule has 1 aliphatic rings. The summed E-state index contributed by atoms with van der Waals surface area (Å²) in [6.45, 7) is 0. The van der Waals surface area contributed by atoms with Crippen LogP contribution in [0.1, 0.15) is 11.1 Å². The van der Waals surface area contributed by atoms with Gasteiger partial charge in [-0.15, -0.1) is 0 Å². The summed E-state index contributed by atoms with van der Waals surface area (Å²) in [6, 6.07) is 19.2. The Bertz CT molecular complexity index is 1290. The van der Waals surface area contributed by atoms with Gasteiger partial charge in [0.1, 0.15) is 10.8 Å². The minimum absolute atomic E-state index is 0.00878. The van der Waals surface area contributed by atoms with Gasteiger partial charge in [0.15, 0.2) is 0 Å². The molecule has 3 aromatic rings. The highest BCUT2D eigenvalue weighted by molar-refractivity contribution is 9.10. The number of rotatable bonds is 5. The lowest BCUT2D eigenvalue weighted by Crippen LogP contribution is -2.25. The number of amides is 1. The van der Waals surface area contributed by atoms with Crippen LogP contribution in [0.5, 0.6) is 5.75 Å². The van der Waals surface area contributed by atoms with Crippen LogP contribution >= 0.6 is 27.5 Å². The van der Waals surface area contributed by atoms with Crippen molar-refractivity contribution in [3.8, 4) is 5.75 Å². The third kappa shape index (κ3) is 4.17. The van der Waals surface area contributed by atoms with Gasteiger partial charge in [-0.05, 0) is 63.5 Å². The third-order valence-corrected chi connectivity index (χ3v) is 5.87. The van der Waals surface area contributed by atoms with Crippen molar-refractivity contribution in [3.05, 3.63) is 109 Å². The van der Waals surface area contributed by atoms with E-state index in [9.17, 15) is 14.9 Å². The Morgan fingerprint density at radius 3 is 2.50 bits per heavy atom. The van der Waals surface area contributed by atoms with Crippen LogP contribution in [0.2, 0.25) is 5.02 Å². The molecule has 1 heterocycles. The van der Waals surface area contributed by atoms with Crippen LogP contribution in [0, 0.1) is 10.1 Å². The number of hydrogen-bond acceptors (Lipinski definition) is 4. The second-order valence-corrected chi connectivity index (χ2v) is 8.18. The highest BCUT2D eigenvalue weighted by Crippen LogP contribution is 2.38. The molecule has 32 heavy (non-hydrogen) atoms. The van der Waals surface area contributed by atoms with Gasteiger partial charge < -0.3 is 4.74 Å². The molecule has 6 nitrogen and oxygen atoms in total. The van der Waals surface area contributed by atoms with E-state index < -0.39 is 4.92 Å². The van der Waals surface area contributed by atoms with E-state index in [2.05, 4.69) is 15.9 Å². The Morgan fingerprint density at radius 1 is 1.09 bits per heavy atom. The average molecular weight is 512 g/mol. The number of ether oxygens (including phenoxy) is 1. The molecule has 160 valence electrons. The first kappa shape index (κ1) is 21.8. The van der Waals surface area contributed by atoms with Crippen molar-refractivity contribution in [2.24, 2.45) is 0 Å². The molecule has 0 aromatic heterocycles. The summed E-state index contributed by atoms with van der Waals surface area (Å²) in [7, 11) is 1.58. The molecule has 0 atom stereocenters. The van der Waals surface area contributed by atoms with Crippen LogP contribution in [-0.4, -0.2) is 17.9 Å². The fraction of sp³-hybridized carbons (Fsp3) is 0.0417. The summed E-state index contributed by atoms with van der Waals surface area (Å²) in [6.07, 6.45) is 3.54. The predicted octanol–water partition coefficient (Wildman–Crippen LogP) is 6.49. The SMILES string of the molecule is COc1ccc(/C=C2\C=C(c3ccccc3)N(c3ccc(Cl)c([N+](=O)[O-])c3)C2=O)cc1Br. The first-order chi connectivity index (χ1) is 15.4. The molecule has 0 saturated heterocycles. The third-order valence-electron chi connectivity index (χ3n) is 4.94. The van der Waals surface area contributed by atoms with Crippen molar-refractivity contribution < 1.29 is 14.5 Å². The van der Waals surface area contributed by atoms with E-state index in [1.165, 1.54) is 17.0 Å². The first-order valence-electron chi connectivity index (χ1n) is 9.50. The maximum absolute atomic E-state index is 13.4. The zero-order valence-corrected chi connectivity index (χ0v) is 19.1. The zero-order valence-electron chi connectivity index (χ0n) is 16.8. The molecule has 0 N–H and O–H groups in total. The molecule has 0 aliphatic carbocycles. The number of nitro benzene ring substituents is 1. The van der Waals surface area contributed by atoms with Gasteiger partial charge in [-0.25, -0.2) is 0 Å². The van der Waals surface area contributed by atoms with Crippen LogP contribution in [-0.2, 0) is 4.79 Å². The van der Waals surface area contributed by atoms with Gasteiger partial charge in [-0.1, -0.05) is 48.0 Å². The van der Waals surface area contributed by atoms with Gasteiger partial charge in [-0.3, -0.25) is 19.8 Å². The van der Waals surface area contributed by atoms with Gasteiger partial charge in [0, 0.05) is 11.6 Å². The second-order valence-electron chi connectivity index (χ2n) is 6.92. The molecule has 0 saturated carbocycles. The van der Waals surface area contributed by atoms with Gasteiger partial charge in [0.2, 0.25) is 0 Å². The molecule has 0 radical (unpaired) electrons. The fourth-order valence-corrected chi connectivity index (χ4v) is 4.17. The monoisotopic (exact) mass is 510 g/mol. The fourth-order valence-electron chi connectivity index (χ4n) is 3.43. The van der Waals surface area contributed by atoms with Crippen molar-refractivity contribution in [2.75, 3.05) is 12.0 Å². The molecule has 4 rings (SSSR count). The van der Waals surface area contributed by atoms with Crippen LogP contribution in [0.15, 0.2) is 82.9 Å². The number of nitro groups is 1. The molecule has 0 bridgehead atoms. The minimum Gasteiger partial charge on any atom is -0.496 e. The van der Waals surface area contributed by atoms with Gasteiger partial charge >= 0.3 is 0 Å². The normalized spacial score (nSPS) is 14.6. The van der Waals surface area contributed by atoms with Crippen LogP contribution in [0.3, 0.4) is 0 Å². The largest absolute Gasteiger partial charge is 0.496 e. The van der Waals surface area contributed by atoms with E-state index in [1.54, 1.807) is 31.4 Å². The zero-order chi connectivity index (χ0) is 22.8. The van der Waals surface area contributed by atoms with E-state index in [4.69, 9.17) is 16.3 Å². The molecule has 1 aliphatic heterocycles. The van der Waals surface area contributed by atoms with Crippen molar-refractivity contribution in [1.29, 1.82) is 0 Å². The Labute approximate surface area is 197 Å². The summed E-state index contributed by atoms with van der Waals surface area (Å²) in [5, 5.41) is 11.4. The Morgan fingerprint density at radius 2 is 1.84 bits per heavy atom. The number of anilines is 1. The maximum Gasteiger partial charge on any atom is 0.289 e. The number of carbonyl (C=O) groups excluding carboxylic acids is 1. The number of halogens is 2. The summed E-state index contributed by atoms with van der Waals surface area (Å²) in [4.78, 5) is 25.7. The topological polar surface area (TPSA) is 72.7 Å². The lowest BCUT2D eigenvalue weighted by atomic mass is 10.1. The maximum atomic E-state index is 13.4. The standard InChI is InChI=1S/C24H16BrClN2O4/c1-32-23-10-7-15(12-19(23)25)11-17-13-21(16-5-3-2-4-6-16)27(24(17)29)18-8-9-20(26)22(14-18)28(30)31/h2-14H,1H3/b17-11+. The molecule has 3 aromatic carbocycles. The van der Waals surface area contributed by atoms with E-state index in [-0.39, 0.29) is 16.6 Å². The highest BCUT2D eigenvalue weighted by Gasteiger charge is 2.31. The second kappa shape index (κ2) is 8.98. The van der Waals surface area contributed by atoms with Crippen molar-refractivity contribution in [2.45, 2.75) is 0 Å². The Balaban J connectivity index is 1.83. The van der Waals surface area contributed by atoms with Gasteiger partial charge in [0.05, 0.1) is 27.9 Å². The number of nitrogens with zero attached hydrogens (tertiary/aromatic N) is 2. The minimum atomic E-state index is -0.566. The summed E-state index contributed by atoms with van der Waals surface area (Å²) in [5.74, 6) is 0.382. The molecule has 0 unspecified atom stereocenters. The predicted molar refractivity (Wildman–Crippen MR) is 129 cm³/mol. The molecule has 0 spiro atoms. The summed E-state index contributed by atoms with van der Waals surface area (Å²) in [5.41, 5.74) is 2.76. The number of benzene rings is 3. The van der Waals surface area contributed by atoms with Crippen LogP contribution < -0.4 is 9.64 Å². The quantitative estimate of drug-likeness (QED) is 0.223. The number of methoxy groups -OCH3 is 1. The molecule has 1 amide bonds. The Kier molecular flexibility index (Phi) is 6.12. The van der Waals surface area contributed by atoms with Crippen molar-refractivity contribution >= 4 is 56.6 Å². The lowest BCUT2D eigenvalue weighted by molar-refractivity contribution is -0.384. The smallest absolute Gasteiger partial charge is 0.289 e. The summed E-state index contributed by atoms with van der Waals surface area (Å²) >= 11 is 9.43. The van der Waals surface area contributed by atoms with E-state index in [1.807, 2.05) is 42.5 Å². The van der Waals surface area contributed by atoms with Crippen LogP contribution in [0.4, 0.5) is 11.4 Å². The number of hydrogen-bond donors (Lipinski definition) is 0. The van der Waals surface area contributed by atoms with Gasteiger partial charge in [-0.2, -0.15) is 0 Å². The van der Waals surface area contributed by atoms with Gasteiger partial charge in [0.25, 0.3) is 11.6 Å². The average Bonchev–Trinajstić information content (AvgIpc) is 3.10. The molecule has 0 fully saturated rings. The molecular weight excluding hydrogens is 496 g/mol. The summed E-state index contributed by atoms with van der Waals surface area (Å²) < 4.78 is 6.02. The van der Waals surface area contributed by atoms with E-state index in [0.29, 0.717) is 22.7 Å². The highest BCUT2D eigenvalue weighted by atomic mass is 79.9. The molecular formula is C24H16BrClN2O4. The Hall–Kier alpha value is -3.42. The van der Waals surface area contributed by atoms with Crippen molar-refractivity contribution in [1.82, 2.24) is 0 Å². The van der Waals surface area contributed by atoms with Crippen molar-refractivity contribution in [3.63, 3.8) is 0 Å². The van der Waals surface area contributed by atoms with E-state index >= 15 is 0 Å². The van der Waals surface area contributed by atoms with E-state index in [0.717, 1.165) is 15.6 Å². The lowest BCUT2D eigenvalue weighted by Gasteiger charge is -2.21. The molecule has 8 heteroatoms. The van der Waals surface area contributed by atoms with Crippen LogP contribution in [0.25, 0.3) is 11.8 Å². The number of carbonyl (C=O) groups is 1.